The van der Waals surface area contributed by atoms with Crippen LogP contribution in [0.4, 0.5) is 5.69 Å². The van der Waals surface area contributed by atoms with Gasteiger partial charge in [-0.05, 0) is 68.4 Å². The predicted molar refractivity (Wildman–Crippen MR) is 75.8 cm³/mol. The van der Waals surface area contributed by atoms with E-state index in [0.717, 1.165) is 42.6 Å². The second kappa shape index (κ2) is 3.84. The first-order chi connectivity index (χ1) is 9.16. The van der Waals surface area contributed by atoms with Crippen LogP contribution in [-0.2, 0) is 0 Å². The van der Waals surface area contributed by atoms with Gasteiger partial charge in [0.1, 0.15) is 0 Å². The van der Waals surface area contributed by atoms with Gasteiger partial charge in [0.15, 0.2) is 5.78 Å². The van der Waals surface area contributed by atoms with Gasteiger partial charge in [-0.2, -0.15) is 0 Å². The molecule has 0 unspecified atom stereocenters. The van der Waals surface area contributed by atoms with Crippen molar-refractivity contribution in [2.24, 2.45) is 23.2 Å². The third kappa shape index (κ3) is 1.65. The van der Waals surface area contributed by atoms with Crippen LogP contribution in [-0.4, -0.2) is 5.78 Å². The minimum absolute atomic E-state index is 0.0653. The average molecular weight is 255 g/mol. The molecule has 4 aliphatic carbocycles. The summed E-state index contributed by atoms with van der Waals surface area (Å²) in [7, 11) is 0. The first kappa shape index (κ1) is 11.5. The SMILES string of the molecule is Nc1ccccc1C(=O)C12CC3CC(CC(C3)C1)C2. The number of nitrogens with two attached hydrogens (primary N) is 1. The summed E-state index contributed by atoms with van der Waals surface area (Å²) in [6.07, 6.45) is 7.47. The number of hydrogen-bond acceptors (Lipinski definition) is 2. The van der Waals surface area contributed by atoms with Gasteiger partial charge in [-0.1, -0.05) is 12.1 Å². The van der Waals surface area contributed by atoms with Crippen molar-refractivity contribution in [1.29, 1.82) is 0 Å². The summed E-state index contributed by atoms with van der Waals surface area (Å²) < 4.78 is 0. The summed E-state index contributed by atoms with van der Waals surface area (Å²) in [5.41, 5.74) is 7.38. The monoisotopic (exact) mass is 255 g/mol. The van der Waals surface area contributed by atoms with Crippen molar-refractivity contribution in [1.82, 2.24) is 0 Å². The van der Waals surface area contributed by atoms with Crippen LogP contribution in [0.25, 0.3) is 0 Å². The lowest BCUT2D eigenvalue weighted by atomic mass is 9.48. The number of benzene rings is 1. The fourth-order valence-electron chi connectivity index (χ4n) is 5.38. The first-order valence-electron chi connectivity index (χ1n) is 7.56. The van der Waals surface area contributed by atoms with Crippen LogP contribution in [0.1, 0.15) is 48.9 Å². The summed E-state index contributed by atoms with van der Waals surface area (Å²) in [6.45, 7) is 0. The van der Waals surface area contributed by atoms with Crippen molar-refractivity contribution in [2.45, 2.75) is 38.5 Å². The lowest BCUT2D eigenvalue weighted by Crippen LogP contribution is -2.50. The van der Waals surface area contributed by atoms with E-state index in [2.05, 4.69) is 0 Å². The molecule has 2 nitrogen and oxygen atoms in total. The van der Waals surface area contributed by atoms with Gasteiger partial charge in [0, 0.05) is 16.7 Å². The molecule has 1 aromatic carbocycles. The van der Waals surface area contributed by atoms with Crippen LogP contribution >= 0.6 is 0 Å². The molecule has 0 aliphatic heterocycles. The predicted octanol–water partition coefficient (Wildman–Crippen LogP) is 3.67. The van der Waals surface area contributed by atoms with Crippen LogP contribution in [0.5, 0.6) is 0 Å². The van der Waals surface area contributed by atoms with Crippen molar-refractivity contribution in [3.8, 4) is 0 Å². The Labute approximate surface area is 114 Å². The van der Waals surface area contributed by atoms with Gasteiger partial charge in [0.05, 0.1) is 0 Å². The second-order valence-electron chi connectivity index (χ2n) is 7.11. The van der Waals surface area contributed by atoms with Gasteiger partial charge < -0.3 is 5.73 Å². The van der Waals surface area contributed by atoms with Crippen LogP contribution in [0.2, 0.25) is 0 Å². The normalized spacial score (nSPS) is 39.5. The Bertz CT molecular complexity index is 499. The smallest absolute Gasteiger partial charge is 0.171 e. The molecule has 4 aliphatic rings. The Kier molecular flexibility index (Phi) is 2.33. The molecule has 4 saturated carbocycles. The Morgan fingerprint density at radius 3 is 2.05 bits per heavy atom. The van der Waals surface area contributed by atoms with E-state index in [1.807, 2.05) is 24.3 Å². The lowest BCUT2D eigenvalue weighted by Gasteiger charge is -2.56. The molecule has 4 fully saturated rings. The number of para-hydroxylation sites is 1. The van der Waals surface area contributed by atoms with E-state index in [1.165, 1.54) is 19.3 Å². The zero-order chi connectivity index (χ0) is 13.0. The molecule has 100 valence electrons. The summed E-state index contributed by atoms with van der Waals surface area (Å²) in [5.74, 6) is 2.75. The fraction of sp³-hybridized carbons (Fsp3) is 0.588. The molecule has 5 rings (SSSR count). The molecule has 2 heteroatoms. The maximum absolute atomic E-state index is 13.0. The molecular formula is C17H21NO. The van der Waals surface area contributed by atoms with E-state index in [-0.39, 0.29) is 5.41 Å². The quantitative estimate of drug-likeness (QED) is 0.647. The molecule has 0 spiro atoms. The van der Waals surface area contributed by atoms with E-state index in [0.29, 0.717) is 11.5 Å². The molecule has 19 heavy (non-hydrogen) atoms. The molecule has 0 aromatic heterocycles. The van der Waals surface area contributed by atoms with Gasteiger partial charge in [0.2, 0.25) is 0 Å². The highest BCUT2D eigenvalue weighted by atomic mass is 16.1. The van der Waals surface area contributed by atoms with Crippen molar-refractivity contribution >= 4 is 11.5 Å². The van der Waals surface area contributed by atoms with Gasteiger partial charge in [0.25, 0.3) is 0 Å². The minimum Gasteiger partial charge on any atom is -0.398 e. The summed E-state index contributed by atoms with van der Waals surface area (Å²) in [5, 5.41) is 0. The van der Waals surface area contributed by atoms with Gasteiger partial charge in [-0.25, -0.2) is 0 Å². The Hall–Kier alpha value is -1.31. The topological polar surface area (TPSA) is 43.1 Å². The molecule has 0 heterocycles. The molecule has 0 radical (unpaired) electrons. The maximum atomic E-state index is 13.0. The maximum Gasteiger partial charge on any atom is 0.171 e. The lowest BCUT2D eigenvalue weighted by molar-refractivity contribution is -0.0352. The highest BCUT2D eigenvalue weighted by Crippen LogP contribution is 2.61. The highest BCUT2D eigenvalue weighted by molar-refractivity contribution is 6.04. The van der Waals surface area contributed by atoms with E-state index in [4.69, 9.17) is 5.73 Å². The average Bonchev–Trinajstić information content (AvgIpc) is 2.37. The Balaban J connectivity index is 1.72. The summed E-state index contributed by atoms with van der Waals surface area (Å²) in [6, 6.07) is 7.61. The van der Waals surface area contributed by atoms with E-state index >= 15 is 0 Å². The molecule has 0 amide bonds. The third-order valence-corrected chi connectivity index (χ3v) is 5.73. The summed E-state index contributed by atoms with van der Waals surface area (Å²) >= 11 is 0. The minimum atomic E-state index is -0.0653. The largest absolute Gasteiger partial charge is 0.398 e. The molecule has 2 N–H and O–H groups in total. The van der Waals surface area contributed by atoms with E-state index < -0.39 is 0 Å². The fourth-order valence-corrected chi connectivity index (χ4v) is 5.38. The number of carbonyl (C=O) groups is 1. The third-order valence-electron chi connectivity index (χ3n) is 5.73. The number of Topliss-reactive ketones (excluding diaryl/α,β-unsaturated/α-hetero) is 1. The number of rotatable bonds is 2. The Morgan fingerprint density at radius 1 is 1.00 bits per heavy atom. The van der Waals surface area contributed by atoms with Crippen molar-refractivity contribution in [3.05, 3.63) is 29.8 Å². The second-order valence-corrected chi connectivity index (χ2v) is 7.11. The van der Waals surface area contributed by atoms with Crippen LogP contribution in [0.3, 0.4) is 0 Å². The Morgan fingerprint density at radius 2 is 1.53 bits per heavy atom. The zero-order valence-corrected chi connectivity index (χ0v) is 11.3. The van der Waals surface area contributed by atoms with Crippen molar-refractivity contribution in [2.75, 3.05) is 5.73 Å². The number of anilines is 1. The zero-order valence-electron chi connectivity index (χ0n) is 11.3. The van der Waals surface area contributed by atoms with Crippen LogP contribution < -0.4 is 5.73 Å². The number of hydrogen-bond donors (Lipinski definition) is 1. The van der Waals surface area contributed by atoms with Crippen LogP contribution in [0.15, 0.2) is 24.3 Å². The summed E-state index contributed by atoms with van der Waals surface area (Å²) in [4.78, 5) is 13.0. The van der Waals surface area contributed by atoms with Gasteiger partial charge >= 0.3 is 0 Å². The number of nitrogen functional groups attached to an aromatic ring is 1. The van der Waals surface area contributed by atoms with Crippen LogP contribution in [0, 0.1) is 23.2 Å². The highest BCUT2D eigenvalue weighted by Gasteiger charge is 2.54. The molecule has 0 saturated heterocycles. The molecular weight excluding hydrogens is 234 g/mol. The number of carbonyl (C=O) groups excluding carboxylic acids is 1. The first-order valence-corrected chi connectivity index (χ1v) is 7.56. The van der Waals surface area contributed by atoms with Gasteiger partial charge in [-0.3, -0.25) is 4.79 Å². The molecule has 4 bridgehead atoms. The molecule has 0 atom stereocenters. The van der Waals surface area contributed by atoms with E-state index in [9.17, 15) is 4.79 Å². The molecule has 1 aromatic rings. The van der Waals surface area contributed by atoms with Crippen molar-refractivity contribution in [3.63, 3.8) is 0 Å². The standard InChI is InChI=1S/C17H21NO/c18-15-4-2-1-3-14(15)16(19)17-8-11-5-12(9-17)7-13(6-11)10-17/h1-4,11-13H,5-10,18H2. The van der Waals surface area contributed by atoms with E-state index in [1.54, 1.807) is 0 Å². The number of ketones is 1. The van der Waals surface area contributed by atoms with Gasteiger partial charge in [-0.15, -0.1) is 0 Å². The van der Waals surface area contributed by atoms with Crippen molar-refractivity contribution < 1.29 is 4.79 Å².